The van der Waals surface area contributed by atoms with Crippen molar-refractivity contribution in [3.8, 4) is 0 Å². The fraction of sp³-hybridized carbons (Fsp3) is 0.238. The fourth-order valence-electron chi connectivity index (χ4n) is 3.96. The maximum Gasteiger partial charge on any atom is 0.433 e. The molecular formula is C21H16ClF3N6O2. The highest BCUT2D eigenvalue weighted by molar-refractivity contribution is 6.34. The molecule has 4 aromatic rings. The predicted molar refractivity (Wildman–Crippen MR) is 114 cm³/mol. The first-order chi connectivity index (χ1) is 15.6. The van der Waals surface area contributed by atoms with Crippen LogP contribution in [-0.4, -0.2) is 43.8 Å². The number of rotatable bonds is 2. The number of benzene rings is 1. The Labute approximate surface area is 189 Å². The molecule has 1 amide bonds. The summed E-state index contributed by atoms with van der Waals surface area (Å²) in [6.45, 7) is 0.0392. The molecule has 0 bridgehead atoms. The van der Waals surface area contributed by atoms with Crippen molar-refractivity contribution in [2.24, 2.45) is 0 Å². The Bertz CT molecular complexity index is 1420. The Morgan fingerprint density at radius 3 is 2.82 bits per heavy atom. The number of carbonyl (C=O) groups excluding carboxylic acids is 1. The third-order valence-electron chi connectivity index (χ3n) is 5.66. The number of fused-ring (bicyclic) bond motifs is 4. The largest absolute Gasteiger partial charge is 0.433 e. The van der Waals surface area contributed by atoms with Crippen LogP contribution in [0.25, 0.3) is 16.6 Å². The molecule has 0 fully saturated rings. The minimum absolute atomic E-state index is 0.0692. The summed E-state index contributed by atoms with van der Waals surface area (Å²) in [5.41, 5.74) is 7.43. The Kier molecular flexibility index (Phi) is 4.91. The number of likely N-dealkylation sites (N-methyl/N-ethyl adjacent to an activating group) is 1. The molecule has 0 spiro atoms. The van der Waals surface area contributed by atoms with Gasteiger partial charge in [-0.25, -0.2) is 15.0 Å². The van der Waals surface area contributed by atoms with Gasteiger partial charge in [-0.2, -0.15) is 13.2 Å². The number of nitrogens with two attached hydrogens (primary N) is 1. The van der Waals surface area contributed by atoms with Gasteiger partial charge in [0.05, 0.1) is 59.1 Å². The van der Waals surface area contributed by atoms with Gasteiger partial charge >= 0.3 is 6.18 Å². The molecule has 0 unspecified atom stereocenters. The first kappa shape index (κ1) is 21.4. The van der Waals surface area contributed by atoms with Crippen molar-refractivity contribution in [1.29, 1.82) is 0 Å². The smallest absolute Gasteiger partial charge is 0.382 e. The molecule has 0 aliphatic carbocycles. The molecule has 4 heterocycles. The van der Waals surface area contributed by atoms with Crippen LogP contribution < -0.4 is 5.73 Å². The lowest BCUT2D eigenvalue weighted by molar-refractivity contribution is -0.141. The Morgan fingerprint density at radius 1 is 1.27 bits per heavy atom. The summed E-state index contributed by atoms with van der Waals surface area (Å²) in [5.74, 6) is -0.165. The second kappa shape index (κ2) is 7.56. The van der Waals surface area contributed by atoms with E-state index in [9.17, 15) is 18.0 Å². The number of nitrogen functional groups attached to an aromatic ring is 1. The van der Waals surface area contributed by atoms with Crippen molar-refractivity contribution in [1.82, 2.24) is 24.3 Å². The Hall–Kier alpha value is -3.44. The summed E-state index contributed by atoms with van der Waals surface area (Å²) in [5, 5.41) is 0.160. The van der Waals surface area contributed by atoms with Gasteiger partial charge in [-0.1, -0.05) is 17.7 Å². The molecule has 5 rings (SSSR count). The molecule has 1 atom stereocenters. The van der Waals surface area contributed by atoms with Crippen LogP contribution in [0.4, 0.5) is 19.0 Å². The van der Waals surface area contributed by atoms with Crippen molar-refractivity contribution in [3.05, 3.63) is 64.3 Å². The molecule has 12 heteroatoms. The fourth-order valence-corrected chi connectivity index (χ4v) is 4.20. The molecule has 1 aromatic carbocycles. The number of amides is 1. The zero-order chi connectivity index (χ0) is 23.5. The van der Waals surface area contributed by atoms with Gasteiger partial charge in [-0.05, 0) is 18.2 Å². The number of hydrogen-bond acceptors (Lipinski definition) is 6. The summed E-state index contributed by atoms with van der Waals surface area (Å²) in [6, 6.07) is 4.74. The number of halogens is 4. The first-order valence-electron chi connectivity index (χ1n) is 9.78. The highest BCUT2D eigenvalue weighted by atomic mass is 35.5. The summed E-state index contributed by atoms with van der Waals surface area (Å²) in [6.07, 6.45) is -1.46. The van der Waals surface area contributed by atoms with Crippen molar-refractivity contribution in [3.63, 3.8) is 0 Å². The van der Waals surface area contributed by atoms with Crippen LogP contribution in [0.3, 0.4) is 0 Å². The van der Waals surface area contributed by atoms with E-state index >= 15 is 0 Å². The molecule has 0 saturated heterocycles. The predicted octanol–water partition coefficient (Wildman–Crippen LogP) is 3.88. The van der Waals surface area contributed by atoms with E-state index in [0.717, 1.165) is 6.07 Å². The van der Waals surface area contributed by atoms with Crippen molar-refractivity contribution >= 4 is 39.9 Å². The molecule has 170 valence electrons. The number of anilines is 1. The number of carbonyl (C=O) groups is 1. The van der Waals surface area contributed by atoms with Crippen molar-refractivity contribution < 1.29 is 22.7 Å². The zero-order valence-corrected chi connectivity index (χ0v) is 17.9. The van der Waals surface area contributed by atoms with E-state index in [-0.39, 0.29) is 35.3 Å². The Morgan fingerprint density at radius 2 is 2.06 bits per heavy atom. The maximum atomic E-state index is 13.4. The van der Waals surface area contributed by atoms with Crippen molar-refractivity contribution in [2.45, 2.75) is 18.8 Å². The number of pyridine rings is 1. The molecule has 8 nitrogen and oxygen atoms in total. The van der Waals surface area contributed by atoms with Crippen LogP contribution in [0.2, 0.25) is 5.02 Å². The van der Waals surface area contributed by atoms with Gasteiger partial charge < -0.3 is 15.4 Å². The summed E-state index contributed by atoms with van der Waals surface area (Å²) < 4.78 is 46.3. The topological polar surface area (TPSA) is 98.6 Å². The van der Waals surface area contributed by atoms with Gasteiger partial charge in [0.2, 0.25) is 0 Å². The standard InChI is InChI=1S/C21H16ClF3N6O2/c1-30(17-8-33-7-14-10(17)2-3-18(28-14)21(23,24)25)20(32)11-4-15-13(5-12(11)22)29-19(26)16-6-27-9-31(15)16/h2-6,9,17H,7-8H2,1H3,(H2,26,29)/t17-/m0/s1. The van der Waals surface area contributed by atoms with E-state index in [0.29, 0.717) is 22.1 Å². The van der Waals surface area contributed by atoms with Crippen LogP contribution in [-0.2, 0) is 17.5 Å². The van der Waals surface area contributed by atoms with Gasteiger partial charge in [0.25, 0.3) is 5.91 Å². The molecule has 0 radical (unpaired) electrons. The third kappa shape index (κ3) is 3.53. The lowest BCUT2D eigenvalue weighted by atomic mass is 10.0. The average molecular weight is 477 g/mol. The van der Waals surface area contributed by atoms with E-state index in [1.54, 1.807) is 23.0 Å². The highest BCUT2D eigenvalue weighted by Gasteiger charge is 2.36. The summed E-state index contributed by atoms with van der Waals surface area (Å²) >= 11 is 6.41. The SMILES string of the molecule is CN(C(=O)c1cc2c(cc1Cl)nc(N)c1cncn12)[C@H]1COCc2nc(C(F)(F)F)ccc21. The van der Waals surface area contributed by atoms with E-state index in [1.165, 1.54) is 24.1 Å². The van der Waals surface area contributed by atoms with E-state index < -0.39 is 23.8 Å². The van der Waals surface area contributed by atoms with Crippen LogP contribution in [0.15, 0.2) is 36.8 Å². The molecule has 0 saturated carbocycles. The van der Waals surface area contributed by atoms with Crippen LogP contribution in [0, 0.1) is 0 Å². The quantitative estimate of drug-likeness (QED) is 0.471. The van der Waals surface area contributed by atoms with Gasteiger partial charge in [-0.3, -0.25) is 9.20 Å². The van der Waals surface area contributed by atoms with E-state index in [2.05, 4.69) is 15.0 Å². The van der Waals surface area contributed by atoms with Gasteiger partial charge in [0.1, 0.15) is 17.0 Å². The number of alkyl halides is 3. The maximum absolute atomic E-state index is 13.4. The highest BCUT2D eigenvalue weighted by Crippen LogP contribution is 2.34. The van der Waals surface area contributed by atoms with Gasteiger partial charge in [0, 0.05) is 12.6 Å². The van der Waals surface area contributed by atoms with Crippen LogP contribution in [0.1, 0.15) is 33.4 Å². The molecule has 3 aromatic heterocycles. The number of imidazole rings is 1. The second-order valence-electron chi connectivity index (χ2n) is 7.64. The minimum Gasteiger partial charge on any atom is -0.382 e. The zero-order valence-electron chi connectivity index (χ0n) is 17.1. The lowest BCUT2D eigenvalue weighted by Crippen LogP contribution is -2.37. The number of aromatic nitrogens is 4. The molecule has 1 aliphatic heterocycles. The normalized spacial score (nSPS) is 16.2. The van der Waals surface area contributed by atoms with Crippen molar-refractivity contribution in [2.75, 3.05) is 19.4 Å². The average Bonchev–Trinajstić information content (AvgIpc) is 3.27. The molecule has 1 aliphatic rings. The number of ether oxygens (including phenoxy) is 1. The number of hydrogen-bond donors (Lipinski definition) is 1. The molecule has 2 N–H and O–H groups in total. The Balaban J connectivity index is 1.54. The minimum atomic E-state index is -4.57. The monoisotopic (exact) mass is 476 g/mol. The number of nitrogens with zero attached hydrogens (tertiary/aromatic N) is 5. The first-order valence-corrected chi connectivity index (χ1v) is 10.2. The van der Waals surface area contributed by atoms with Crippen LogP contribution in [0.5, 0.6) is 0 Å². The van der Waals surface area contributed by atoms with Crippen LogP contribution >= 0.6 is 11.6 Å². The van der Waals surface area contributed by atoms with Gasteiger partial charge in [-0.15, -0.1) is 0 Å². The van der Waals surface area contributed by atoms with E-state index in [1.807, 2.05) is 0 Å². The van der Waals surface area contributed by atoms with E-state index in [4.69, 9.17) is 22.1 Å². The molecule has 33 heavy (non-hydrogen) atoms. The lowest BCUT2D eigenvalue weighted by Gasteiger charge is -2.33. The summed E-state index contributed by atoms with van der Waals surface area (Å²) in [4.78, 5) is 26.9. The van der Waals surface area contributed by atoms with Gasteiger partial charge in [0.15, 0.2) is 0 Å². The second-order valence-corrected chi connectivity index (χ2v) is 8.05. The third-order valence-corrected chi connectivity index (χ3v) is 5.97. The molecular weight excluding hydrogens is 461 g/mol. The summed E-state index contributed by atoms with van der Waals surface area (Å²) in [7, 11) is 1.54.